The number of methoxy groups -OCH3 is 2. The molecule has 27 heavy (non-hydrogen) atoms. The maximum atomic E-state index is 6.24. The standard InChI is InChI=1S/C20H22ClN3O2S/c1-12-5-4-8-24(10-12)18-17-14(11-27-19(17)23-20(21)22-18)13-6-7-15(25-2)16(9-13)26-3/h6-7,9,11-12H,4-5,8,10H2,1-3H3. The number of rotatable bonds is 4. The monoisotopic (exact) mass is 403 g/mol. The first-order chi connectivity index (χ1) is 13.1. The summed E-state index contributed by atoms with van der Waals surface area (Å²) in [5, 5.41) is 3.48. The molecule has 1 aliphatic heterocycles. The number of halogens is 1. The van der Waals surface area contributed by atoms with Crippen LogP contribution in [-0.4, -0.2) is 37.3 Å². The van der Waals surface area contributed by atoms with Gasteiger partial charge in [0.1, 0.15) is 10.6 Å². The molecule has 5 nitrogen and oxygen atoms in total. The van der Waals surface area contributed by atoms with Gasteiger partial charge in [-0.2, -0.15) is 4.98 Å². The predicted octanol–water partition coefficient (Wildman–Crippen LogP) is 5.27. The Morgan fingerprint density at radius 2 is 2.00 bits per heavy atom. The van der Waals surface area contributed by atoms with Gasteiger partial charge >= 0.3 is 0 Å². The van der Waals surface area contributed by atoms with E-state index < -0.39 is 0 Å². The summed E-state index contributed by atoms with van der Waals surface area (Å²) in [6.45, 7) is 4.27. The van der Waals surface area contributed by atoms with Gasteiger partial charge in [0.25, 0.3) is 0 Å². The van der Waals surface area contributed by atoms with Crippen LogP contribution in [0.25, 0.3) is 21.3 Å². The molecule has 0 spiro atoms. The van der Waals surface area contributed by atoms with Gasteiger partial charge in [-0.25, -0.2) is 4.98 Å². The van der Waals surface area contributed by atoms with E-state index in [-0.39, 0.29) is 0 Å². The Morgan fingerprint density at radius 1 is 1.19 bits per heavy atom. The molecule has 1 atom stereocenters. The van der Waals surface area contributed by atoms with Crippen LogP contribution in [0, 0.1) is 5.92 Å². The highest BCUT2D eigenvalue weighted by atomic mass is 35.5. The van der Waals surface area contributed by atoms with Crippen LogP contribution >= 0.6 is 22.9 Å². The van der Waals surface area contributed by atoms with E-state index in [1.807, 2.05) is 18.2 Å². The summed E-state index contributed by atoms with van der Waals surface area (Å²) in [4.78, 5) is 12.3. The van der Waals surface area contributed by atoms with E-state index in [1.165, 1.54) is 12.8 Å². The highest BCUT2D eigenvalue weighted by Gasteiger charge is 2.23. The van der Waals surface area contributed by atoms with Gasteiger partial charge in [-0.3, -0.25) is 0 Å². The third kappa shape index (κ3) is 3.44. The first-order valence-corrected chi connectivity index (χ1v) is 10.3. The summed E-state index contributed by atoms with van der Waals surface area (Å²) >= 11 is 7.83. The number of anilines is 1. The second kappa shape index (κ2) is 7.52. The minimum Gasteiger partial charge on any atom is -0.493 e. The minimum atomic E-state index is 0.302. The number of ether oxygens (including phenoxy) is 2. The van der Waals surface area contributed by atoms with Gasteiger partial charge in [0.15, 0.2) is 11.5 Å². The molecule has 1 aliphatic rings. The van der Waals surface area contributed by atoms with Crippen molar-refractivity contribution in [3.8, 4) is 22.6 Å². The topological polar surface area (TPSA) is 47.5 Å². The quantitative estimate of drug-likeness (QED) is 0.555. The van der Waals surface area contributed by atoms with Crippen LogP contribution in [0.15, 0.2) is 23.6 Å². The molecule has 3 heterocycles. The Labute approximate surface area is 167 Å². The van der Waals surface area contributed by atoms with Gasteiger partial charge < -0.3 is 14.4 Å². The van der Waals surface area contributed by atoms with Crippen LogP contribution < -0.4 is 14.4 Å². The molecule has 0 bridgehead atoms. The minimum absolute atomic E-state index is 0.302. The lowest BCUT2D eigenvalue weighted by Gasteiger charge is -2.32. The Balaban J connectivity index is 1.87. The third-order valence-electron chi connectivity index (χ3n) is 5.04. The summed E-state index contributed by atoms with van der Waals surface area (Å²) in [6.07, 6.45) is 2.42. The van der Waals surface area contributed by atoms with E-state index in [2.05, 4.69) is 27.2 Å². The molecule has 3 aromatic rings. The zero-order valence-electron chi connectivity index (χ0n) is 15.7. The zero-order valence-corrected chi connectivity index (χ0v) is 17.2. The van der Waals surface area contributed by atoms with Gasteiger partial charge in [0.2, 0.25) is 5.28 Å². The molecular weight excluding hydrogens is 382 g/mol. The second-order valence-electron chi connectivity index (χ2n) is 6.91. The van der Waals surface area contributed by atoms with Crippen molar-refractivity contribution >= 4 is 39.0 Å². The average Bonchev–Trinajstić information content (AvgIpc) is 3.10. The molecular formula is C20H22ClN3O2S. The molecule has 0 amide bonds. The van der Waals surface area contributed by atoms with Crippen molar-refractivity contribution in [2.45, 2.75) is 19.8 Å². The number of piperidine rings is 1. The van der Waals surface area contributed by atoms with E-state index >= 15 is 0 Å². The number of benzene rings is 1. The number of hydrogen-bond donors (Lipinski definition) is 0. The van der Waals surface area contributed by atoms with Crippen molar-refractivity contribution in [1.29, 1.82) is 0 Å². The van der Waals surface area contributed by atoms with Crippen molar-refractivity contribution in [2.75, 3.05) is 32.2 Å². The molecule has 0 saturated carbocycles. The smallest absolute Gasteiger partial charge is 0.225 e. The lowest BCUT2D eigenvalue weighted by Crippen LogP contribution is -2.35. The van der Waals surface area contributed by atoms with Crippen LogP contribution in [0.1, 0.15) is 19.8 Å². The fourth-order valence-corrected chi connectivity index (χ4v) is 4.88. The maximum Gasteiger partial charge on any atom is 0.225 e. The van der Waals surface area contributed by atoms with Crippen LogP contribution in [0.4, 0.5) is 5.82 Å². The van der Waals surface area contributed by atoms with Crippen molar-refractivity contribution < 1.29 is 9.47 Å². The maximum absolute atomic E-state index is 6.24. The molecule has 1 fully saturated rings. The fraction of sp³-hybridized carbons (Fsp3) is 0.400. The lowest BCUT2D eigenvalue weighted by molar-refractivity contribution is 0.355. The Bertz CT molecular complexity index is 975. The Hall–Kier alpha value is -2.05. The number of aromatic nitrogens is 2. The van der Waals surface area contributed by atoms with Crippen LogP contribution in [0.2, 0.25) is 5.28 Å². The van der Waals surface area contributed by atoms with Gasteiger partial charge in [0.05, 0.1) is 19.6 Å². The van der Waals surface area contributed by atoms with Gasteiger partial charge in [-0.1, -0.05) is 13.0 Å². The van der Waals surface area contributed by atoms with Gasteiger partial charge in [-0.15, -0.1) is 11.3 Å². The van der Waals surface area contributed by atoms with Gasteiger partial charge in [0, 0.05) is 24.0 Å². The average molecular weight is 404 g/mol. The number of nitrogens with zero attached hydrogens (tertiary/aromatic N) is 3. The summed E-state index contributed by atoms with van der Waals surface area (Å²) in [7, 11) is 3.29. The number of hydrogen-bond acceptors (Lipinski definition) is 6. The molecule has 1 unspecified atom stereocenters. The SMILES string of the molecule is COc1ccc(-c2csc3nc(Cl)nc(N4CCCC(C)C4)c23)cc1OC. The molecule has 142 valence electrons. The first kappa shape index (κ1) is 18.3. The Morgan fingerprint density at radius 3 is 2.74 bits per heavy atom. The summed E-state index contributed by atoms with van der Waals surface area (Å²) in [6, 6.07) is 5.97. The van der Waals surface area contributed by atoms with Crippen LogP contribution in [-0.2, 0) is 0 Å². The third-order valence-corrected chi connectivity index (χ3v) is 6.08. The zero-order chi connectivity index (χ0) is 19.0. The molecule has 4 rings (SSSR count). The fourth-order valence-electron chi connectivity index (χ4n) is 3.72. The molecule has 1 saturated heterocycles. The molecule has 1 aromatic carbocycles. The number of fused-ring (bicyclic) bond motifs is 1. The normalized spacial score (nSPS) is 17.3. The van der Waals surface area contributed by atoms with Crippen molar-refractivity contribution in [2.24, 2.45) is 5.92 Å². The molecule has 2 aromatic heterocycles. The highest BCUT2D eigenvalue weighted by Crippen LogP contribution is 2.42. The van der Waals surface area contributed by atoms with Crippen LogP contribution in [0.5, 0.6) is 11.5 Å². The summed E-state index contributed by atoms with van der Waals surface area (Å²) < 4.78 is 10.9. The molecule has 7 heteroatoms. The van der Waals surface area contributed by atoms with Gasteiger partial charge in [-0.05, 0) is 48.1 Å². The van der Waals surface area contributed by atoms with Crippen LogP contribution in [0.3, 0.4) is 0 Å². The molecule has 0 N–H and O–H groups in total. The van der Waals surface area contributed by atoms with E-state index in [1.54, 1.807) is 25.6 Å². The Kier molecular flexibility index (Phi) is 5.10. The highest BCUT2D eigenvalue weighted by molar-refractivity contribution is 7.17. The summed E-state index contributed by atoms with van der Waals surface area (Å²) in [5.74, 6) is 3.00. The van der Waals surface area contributed by atoms with Crippen molar-refractivity contribution in [1.82, 2.24) is 9.97 Å². The predicted molar refractivity (Wildman–Crippen MR) is 112 cm³/mol. The van der Waals surface area contributed by atoms with Crippen molar-refractivity contribution in [3.63, 3.8) is 0 Å². The van der Waals surface area contributed by atoms with E-state index in [4.69, 9.17) is 21.1 Å². The lowest BCUT2D eigenvalue weighted by atomic mass is 9.99. The van der Waals surface area contributed by atoms with E-state index in [0.717, 1.165) is 40.3 Å². The van der Waals surface area contributed by atoms with Crippen molar-refractivity contribution in [3.05, 3.63) is 28.9 Å². The molecule has 0 aliphatic carbocycles. The largest absolute Gasteiger partial charge is 0.493 e. The number of thiophene rings is 1. The second-order valence-corrected chi connectivity index (χ2v) is 8.11. The van der Waals surface area contributed by atoms with E-state index in [9.17, 15) is 0 Å². The summed E-state index contributed by atoms with van der Waals surface area (Å²) in [5.41, 5.74) is 2.15. The van der Waals surface area contributed by atoms with E-state index in [0.29, 0.717) is 22.7 Å². The molecule has 0 radical (unpaired) electrons. The first-order valence-electron chi connectivity index (χ1n) is 9.02.